The quantitative estimate of drug-likeness (QED) is 0.284. The predicted octanol–water partition coefficient (Wildman–Crippen LogP) is 6.69. The summed E-state index contributed by atoms with van der Waals surface area (Å²) in [4.78, 5) is 13.7. The highest BCUT2D eigenvalue weighted by Crippen LogP contribution is 2.54. The molecule has 4 nitrogen and oxygen atoms in total. The second-order valence-electron chi connectivity index (χ2n) is 10.2. The van der Waals surface area contributed by atoms with Crippen molar-refractivity contribution < 1.29 is 52.7 Å². The van der Waals surface area contributed by atoms with E-state index >= 15 is 4.39 Å². The molecule has 2 aliphatic rings. The number of hydrogen-bond donors (Lipinski definition) is 0. The Kier molecular flexibility index (Phi) is 7.51. The molecule has 1 aliphatic carbocycles. The molecule has 1 amide bonds. The Hall–Kier alpha value is -2.77. The molecule has 0 aromatic heterocycles. The summed E-state index contributed by atoms with van der Waals surface area (Å²) in [5.41, 5.74) is -10.1. The Balaban J connectivity index is 1.81. The fraction of sp³-hybridized carbons (Fsp3) is 0.500. The van der Waals surface area contributed by atoms with Gasteiger partial charge in [-0.3, -0.25) is 4.79 Å². The number of halogens is 9. The summed E-state index contributed by atoms with van der Waals surface area (Å²) in [7, 11) is -4.61. The maximum absolute atomic E-state index is 15.5. The fourth-order valence-electron chi connectivity index (χ4n) is 5.51. The molecule has 1 atom stereocenters. The third-order valence-electron chi connectivity index (χ3n) is 7.78. The number of sulfone groups is 1. The van der Waals surface area contributed by atoms with Gasteiger partial charge in [0.15, 0.2) is 15.5 Å². The number of alkyl halides is 8. The van der Waals surface area contributed by atoms with E-state index in [2.05, 4.69) is 0 Å². The van der Waals surface area contributed by atoms with Crippen LogP contribution in [-0.4, -0.2) is 50.3 Å². The molecule has 2 aromatic carbocycles. The van der Waals surface area contributed by atoms with Crippen LogP contribution in [0.5, 0.6) is 0 Å². The monoisotopic (exact) mass is 601 g/mol. The van der Waals surface area contributed by atoms with Crippen molar-refractivity contribution in [1.29, 1.82) is 0 Å². The number of hydrogen-bond acceptors (Lipinski definition) is 3. The van der Waals surface area contributed by atoms with E-state index in [0.717, 1.165) is 29.2 Å². The van der Waals surface area contributed by atoms with Gasteiger partial charge in [-0.1, -0.05) is 30.7 Å². The van der Waals surface area contributed by atoms with Crippen molar-refractivity contribution in [3.63, 3.8) is 0 Å². The molecular weight excluding hydrogens is 577 g/mol. The number of rotatable bonds is 5. The van der Waals surface area contributed by atoms with Crippen LogP contribution in [0.1, 0.15) is 49.7 Å². The third-order valence-corrected chi connectivity index (χ3v) is 10.3. The minimum Gasteiger partial charge on any atom is -0.338 e. The maximum atomic E-state index is 15.5. The summed E-state index contributed by atoms with van der Waals surface area (Å²) in [6.45, 7) is -0.958. The van der Waals surface area contributed by atoms with Gasteiger partial charge in [0.05, 0.1) is 4.90 Å². The van der Waals surface area contributed by atoms with Crippen molar-refractivity contribution in [2.24, 2.45) is 0 Å². The number of nitrogens with zero attached hydrogens (tertiary/aromatic N) is 1. The van der Waals surface area contributed by atoms with Gasteiger partial charge in [-0.25, -0.2) is 21.6 Å². The van der Waals surface area contributed by atoms with Gasteiger partial charge in [-0.15, -0.1) is 0 Å². The molecule has 0 unspecified atom stereocenters. The van der Waals surface area contributed by atoms with Gasteiger partial charge < -0.3 is 4.90 Å². The van der Waals surface area contributed by atoms with Gasteiger partial charge in [0.25, 0.3) is 5.91 Å². The summed E-state index contributed by atoms with van der Waals surface area (Å²) < 4.78 is 149. The molecule has 0 N–H and O–H groups in total. The van der Waals surface area contributed by atoms with Crippen molar-refractivity contribution in [2.45, 2.75) is 71.9 Å². The molecule has 4 rings (SSSR count). The van der Waals surface area contributed by atoms with Crippen LogP contribution < -0.4 is 0 Å². The molecular formula is C26H24F9NO3S. The van der Waals surface area contributed by atoms with Crippen LogP contribution in [0.2, 0.25) is 0 Å². The summed E-state index contributed by atoms with van der Waals surface area (Å²) >= 11 is 0. The third kappa shape index (κ3) is 4.75. The first kappa shape index (κ1) is 30.2. The minimum atomic E-state index is -6.38. The standard InChI is InChI=1S/C26H24F9NO3S/c27-19-8-10-20(11-9-19)40(38,39)23(14-15-36(16-23)21(37)22(28)12-2-1-3-13-22)17-4-6-18(7-5-17)24(29,25(30,31)32)26(33,34)35/h4-11H,1-3,12-16H2/t23-/m0/s1. The second kappa shape index (κ2) is 9.95. The Labute approximate surface area is 224 Å². The highest BCUT2D eigenvalue weighted by molar-refractivity contribution is 7.92. The van der Waals surface area contributed by atoms with E-state index in [4.69, 9.17) is 0 Å². The average Bonchev–Trinajstić information content (AvgIpc) is 3.34. The van der Waals surface area contributed by atoms with Crippen molar-refractivity contribution in [1.82, 2.24) is 4.90 Å². The normalized spacial score (nSPS) is 22.4. The predicted molar refractivity (Wildman–Crippen MR) is 125 cm³/mol. The zero-order valence-electron chi connectivity index (χ0n) is 20.8. The number of amides is 1. The van der Waals surface area contributed by atoms with Crippen LogP contribution >= 0.6 is 0 Å². The molecule has 1 saturated heterocycles. The van der Waals surface area contributed by atoms with E-state index in [-0.39, 0.29) is 37.1 Å². The molecule has 1 saturated carbocycles. The number of carbonyl (C=O) groups excluding carboxylic acids is 1. The lowest BCUT2D eigenvalue weighted by Gasteiger charge is -2.34. The number of likely N-dealkylation sites (tertiary alicyclic amines) is 1. The molecule has 0 bridgehead atoms. The zero-order chi connectivity index (χ0) is 29.8. The van der Waals surface area contributed by atoms with Crippen LogP contribution in [0, 0.1) is 5.82 Å². The first-order chi connectivity index (χ1) is 18.4. The van der Waals surface area contributed by atoms with E-state index in [1.54, 1.807) is 0 Å². The molecule has 2 aromatic rings. The summed E-state index contributed by atoms with van der Waals surface area (Å²) in [6.07, 6.45) is -11.7. The van der Waals surface area contributed by atoms with E-state index in [0.29, 0.717) is 31.4 Å². The lowest BCUT2D eigenvalue weighted by atomic mass is 9.85. The smallest absolute Gasteiger partial charge is 0.338 e. The van der Waals surface area contributed by atoms with Gasteiger partial charge in [-0.05, 0) is 61.9 Å². The van der Waals surface area contributed by atoms with Gasteiger partial charge in [0.1, 0.15) is 10.6 Å². The van der Waals surface area contributed by atoms with Gasteiger partial charge in [0, 0.05) is 18.7 Å². The highest BCUT2D eigenvalue weighted by Gasteiger charge is 2.73. The summed E-state index contributed by atoms with van der Waals surface area (Å²) in [5.74, 6) is -1.74. The van der Waals surface area contributed by atoms with Crippen LogP contribution in [0.15, 0.2) is 53.4 Å². The largest absolute Gasteiger partial charge is 0.435 e. The summed E-state index contributed by atoms with van der Waals surface area (Å²) in [5, 5.41) is 0. The Bertz CT molecular complexity index is 1340. The van der Waals surface area contributed by atoms with E-state index < -0.39 is 73.4 Å². The van der Waals surface area contributed by atoms with E-state index in [9.17, 15) is 48.3 Å². The van der Waals surface area contributed by atoms with Crippen LogP contribution in [-0.2, 0) is 25.0 Å². The number of benzene rings is 2. The van der Waals surface area contributed by atoms with Gasteiger partial charge in [0.2, 0.25) is 0 Å². The SMILES string of the molecule is O=C(N1CC[C@](c2ccc(C(F)(C(F)(F)F)C(F)(F)F)cc2)(S(=O)(=O)c2ccc(F)cc2)C1)C1(F)CCCCC1. The van der Waals surface area contributed by atoms with E-state index in [1.807, 2.05) is 0 Å². The van der Waals surface area contributed by atoms with Crippen molar-refractivity contribution >= 4 is 15.7 Å². The van der Waals surface area contributed by atoms with E-state index in [1.165, 1.54) is 0 Å². The van der Waals surface area contributed by atoms with Crippen molar-refractivity contribution in [3.8, 4) is 0 Å². The first-order valence-electron chi connectivity index (χ1n) is 12.3. The Morgan fingerprint density at radius 2 is 1.30 bits per heavy atom. The van der Waals surface area contributed by atoms with Crippen LogP contribution in [0.3, 0.4) is 0 Å². The molecule has 2 fully saturated rings. The molecule has 14 heteroatoms. The summed E-state index contributed by atoms with van der Waals surface area (Å²) in [6, 6.07) is 5.16. The number of carbonyl (C=O) groups is 1. The molecule has 1 aliphatic heterocycles. The second-order valence-corrected chi connectivity index (χ2v) is 12.4. The minimum absolute atomic E-state index is 0.0811. The molecule has 1 heterocycles. The van der Waals surface area contributed by atoms with Gasteiger partial charge in [-0.2, -0.15) is 26.3 Å². The van der Waals surface area contributed by atoms with Crippen molar-refractivity contribution in [2.75, 3.05) is 13.1 Å². The molecule has 0 spiro atoms. The Morgan fingerprint density at radius 3 is 1.80 bits per heavy atom. The first-order valence-corrected chi connectivity index (χ1v) is 13.8. The average molecular weight is 602 g/mol. The van der Waals surface area contributed by atoms with Crippen LogP contribution in [0.4, 0.5) is 39.5 Å². The molecule has 220 valence electrons. The zero-order valence-corrected chi connectivity index (χ0v) is 21.6. The molecule has 40 heavy (non-hydrogen) atoms. The topological polar surface area (TPSA) is 54.5 Å². The Morgan fingerprint density at radius 1 is 0.775 bits per heavy atom. The fourth-order valence-corrected chi connectivity index (χ4v) is 7.58. The van der Waals surface area contributed by atoms with Crippen LogP contribution in [0.25, 0.3) is 0 Å². The molecule has 0 radical (unpaired) electrons. The lowest BCUT2D eigenvalue weighted by Crippen LogP contribution is -2.50. The lowest BCUT2D eigenvalue weighted by molar-refractivity contribution is -0.348. The highest BCUT2D eigenvalue weighted by atomic mass is 32.2. The van der Waals surface area contributed by atoms with Gasteiger partial charge >= 0.3 is 18.0 Å². The van der Waals surface area contributed by atoms with Crippen molar-refractivity contribution in [3.05, 3.63) is 65.5 Å². The maximum Gasteiger partial charge on any atom is 0.435 e.